The summed E-state index contributed by atoms with van der Waals surface area (Å²) in [5.41, 5.74) is 0.286. The first kappa shape index (κ1) is 15.3. The minimum Gasteiger partial charge on any atom is -0.504 e. The van der Waals surface area contributed by atoms with Gasteiger partial charge in [-0.25, -0.2) is 0 Å². The Morgan fingerprint density at radius 1 is 1.38 bits per heavy atom. The molecule has 0 spiro atoms. The fraction of sp³-hybridized carbons (Fsp3) is 0.154. The lowest BCUT2D eigenvalue weighted by atomic mass is 10.1. The first-order valence-corrected chi connectivity index (χ1v) is 7.10. The van der Waals surface area contributed by atoms with Crippen LogP contribution in [0, 0.1) is 0 Å². The van der Waals surface area contributed by atoms with Crippen LogP contribution in [0.5, 0.6) is 11.5 Å². The van der Waals surface area contributed by atoms with E-state index in [-0.39, 0.29) is 39.3 Å². The maximum Gasteiger partial charge on any atom is 0.305 e. The highest BCUT2D eigenvalue weighted by molar-refractivity contribution is 8.26. The van der Waals surface area contributed by atoms with Crippen molar-refractivity contribution in [3.8, 4) is 11.5 Å². The normalized spacial score (nSPS) is 16.8. The zero-order valence-corrected chi connectivity index (χ0v) is 12.3. The number of phenols is 2. The summed E-state index contributed by atoms with van der Waals surface area (Å²) in [6.45, 7) is 0.00334. The van der Waals surface area contributed by atoms with E-state index in [1.165, 1.54) is 23.1 Å². The van der Waals surface area contributed by atoms with Gasteiger partial charge in [0.15, 0.2) is 11.5 Å². The molecule has 110 valence electrons. The largest absolute Gasteiger partial charge is 0.504 e. The quantitative estimate of drug-likeness (QED) is 0.441. The zero-order chi connectivity index (χ0) is 15.6. The van der Waals surface area contributed by atoms with Gasteiger partial charge in [0.25, 0.3) is 5.91 Å². The van der Waals surface area contributed by atoms with Gasteiger partial charge in [-0.1, -0.05) is 36.1 Å². The number of aromatic hydroxyl groups is 2. The summed E-state index contributed by atoms with van der Waals surface area (Å²) >= 11 is 6.07. The predicted octanol–water partition coefficient (Wildman–Crippen LogP) is 1.77. The summed E-state index contributed by atoms with van der Waals surface area (Å²) in [5, 5.41) is 27.8. The average molecular weight is 325 g/mol. The van der Waals surface area contributed by atoms with Crippen LogP contribution in [0.15, 0.2) is 23.1 Å². The minimum absolute atomic E-state index is 0.00334. The average Bonchev–Trinajstić information content (AvgIpc) is 2.68. The van der Waals surface area contributed by atoms with Crippen molar-refractivity contribution >= 4 is 46.3 Å². The third-order valence-electron chi connectivity index (χ3n) is 2.76. The molecule has 0 atom stereocenters. The van der Waals surface area contributed by atoms with Crippen LogP contribution in [0.1, 0.15) is 12.0 Å². The standard InChI is InChI=1S/C13H11NO5S2/c15-8-3-1-2-7(11(8)18)6-9-12(19)14(13(20)21-9)5-4-10(16)17/h1-3,6,15,18H,4-5H2,(H,16,17). The number of carboxylic acid groups (broad SMARTS) is 1. The molecule has 3 N–H and O–H groups in total. The third kappa shape index (κ3) is 3.34. The molecule has 1 aliphatic rings. The highest BCUT2D eigenvalue weighted by Gasteiger charge is 2.32. The van der Waals surface area contributed by atoms with Crippen LogP contribution in [-0.2, 0) is 9.59 Å². The van der Waals surface area contributed by atoms with Gasteiger partial charge in [0, 0.05) is 12.1 Å². The third-order valence-corrected chi connectivity index (χ3v) is 4.13. The molecule has 21 heavy (non-hydrogen) atoms. The molecule has 6 nitrogen and oxygen atoms in total. The second kappa shape index (κ2) is 6.15. The number of thioether (sulfide) groups is 1. The van der Waals surface area contributed by atoms with Crippen LogP contribution in [0.2, 0.25) is 0 Å². The molecule has 8 heteroatoms. The fourth-order valence-electron chi connectivity index (χ4n) is 1.71. The van der Waals surface area contributed by atoms with Gasteiger partial charge < -0.3 is 15.3 Å². The van der Waals surface area contributed by atoms with Crippen molar-refractivity contribution in [2.75, 3.05) is 6.54 Å². The fourth-order valence-corrected chi connectivity index (χ4v) is 3.01. The van der Waals surface area contributed by atoms with Gasteiger partial charge in [0.2, 0.25) is 0 Å². The SMILES string of the molecule is O=C(O)CCN1C(=O)C(=Cc2cccc(O)c2O)SC1=S. The number of para-hydroxylation sites is 1. The van der Waals surface area contributed by atoms with Gasteiger partial charge in [0.1, 0.15) is 4.32 Å². The summed E-state index contributed by atoms with van der Waals surface area (Å²) in [4.78, 5) is 24.2. The zero-order valence-electron chi connectivity index (χ0n) is 10.6. The predicted molar refractivity (Wildman–Crippen MR) is 81.9 cm³/mol. The Bertz CT molecular complexity index is 656. The van der Waals surface area contributed by atoms with Crippen LogP contribution >= 0.6 is 24.0 Å². The highest BCUT2D eigenvalue weighted by Crippen LogP contribution is 2.36. The first-order chi connectivity index (χ1) is 9.90. The maximum atomic E-state index is 12.1. The van der Waals surface area contributed by atoms with Gasteiger partial charge in [0.05, 0.1) is 11.3 Å². The van der Waals surface area contributed by atoms with Gasteiger partial charge >= 0.3 is 5.97 Å². The molecule has 1 aliphatic heterocycles. The molecular formula is C13H11NO5S2. The number of benzene rings is 1. The van der Waals surface area contributed by atoms with E-state index in [1.54, 1.807) is 6.07 Å². The Kier molecular flexibility index (Phi) is 4.49. The molecule has 2 rings (SSSR count). The smallest absolute Gasteiger partial charge is 0.305 e. The molecule has 0 unspecified atom stereocenters. The molecule has 0 aliphatic carbocycles. The van der Waals surface area contributed by atoms with E-state index in [4.69, 9.17) is 17.3 Å². The molecule has 0 bridgehead atoms. The number of nitrogens with zero attached hydrogens (tertiary/aromatic N) is 1. The van der Waals surface area contributed by atoms with Gasteiger partial charge in [-0.05, 0) is 12.1 Å². The number of carboxylic acids is 1. The molecule has 0 saturated carbocycles. The van der Waals surface area contributed by atoms with Crippen molar-refractivity contribution in [3.63, 3.8) is 0 Å². The Hall–Kier alpha value is -2.06. The number of rotatable bonds is 4. The number of amides is 1. The maximum absolute atomic E-state index is 12.1. The summed E-state index contributed by atoms with van der Waals surface area (Å²) < 4.78 is 0.271. The molecule has 0 radical (unpaired) electrons. The van der Waals surface area contributed by atoms with E-state index in [0.29, 0.717) is 0 Å². The van der Waals surface area contributed by atoms with Crippen LogP contribution in [0.3, 0.4) is 0 Å². The number of hydrogen-bond acceptors (Lipinski definition) is 6. The van der Waals surface area contributed by atoms with E-state index in [9.17, 15) is 19.8 Å². The van der Waals surface area contributed by atoms with Gasteiger partial charge in [-0.15, -0.1) is 0 Å². The van der Waals surface area contributed by atoms with Gasteiger partial charge in [-0.2, -0.15) is 0 Å². The van der Waals surface area contributed by atoms with E-state index < -0.39 is 11.9 Å². The second-order valence-electron chi connectivity index (χ2n) is 4.19. The Balaban J connectivity index is 2.24. The topological polar surface area (TPSA) is 98.1 Å². The number of phenolic OH excluding ortho intramolecular Hbond substituents is 2. The number of hydrogen-bond donors (Lipinski definition) is 3. The molecule has 1 amide bonds. The molecular weight excluding hydrogens is 314 g/mol. The molecule has 1 fully saturated rings. The lowest BCUT2D eigenvalue weighted by Gasteiger charge is -2.12. The van der Waals surface area contributed by atoms with E-state index in [2.05, 4.69) is 0 Å². The Labute approximate surface area is 129 Å². The van der Waals surface area contributed by atoms with Crippen molar-refractivity contribution in [3.05, 3.63) is 28.7 Å². The molecule has 1 saturated heterocycles. The second-order valence-corrected chi connectivity index (χ2v) is 5.87. The lowest BCUT2D eigenvalue weighted by Crippen LogP contribution is -2.30. The summed E-state index contributed by atoms with van der Waals surface area (Å²) in [6, 6.07) is 4.40. The summed E-state index contributed by atoms with van der Waals surface area (Å²) in [5.74, 6) is -2.04. The highest BCUT2D eigenvalue weighted by atomic mass is 32.2. The minimum atomic E-state index is -1.02. The van der Waals surface area contributed by atoms with Crippen molar-refractivity contribution in [2.45, 2.75) is 6.42 Å². The number of aliphatic carboxylic acids is 1. The van der Waals surface area contributed by atoms with Crippen molar-refractivity contribution in [1.82, 2.24) is 4.90 Å². The van der Waals surface area contributed by atoms with E-state index >= 15 is 0 Å². The number of carbonyl (C=O) groups excluding carboxylic acids is 1. The van der Waals surface area contributed by atoms with Crippen molar-refractivity contribution in [2.24, 2.45) is 0 Å². The van der Waals surface area contributed by atoms with Crippen molar-refractivity contribution < 1.29 is 24.9 Å². The van der Waals surface area contributed by atoms with Crippen LogP contribution in [0.25, 0.3) is 6.08 Å². The number of carbonyl (C=O) groups is 2. The Morgan fingerprint density at radius 3 is 2.76 bits per heavy atom. The van der Waals surface area contributed by atoms with E-state index in [0.717, 1.165) is 11.8 Å². The first-order valence-electron chi connectivity index (χ1n) is 5.88. The summed E-state index contributed by atoms with van der Waals surface area (Å²) in [7, 11) is 0. The summed E-state index contributed by atoms with van der Waals surface area (Å²) in [6.07, 6.45) is 1.21. The van der Waals surface area contributed by atoms with E-state index in [1.807, 2.05) is 0 Å². The monoisotopic (exact) mass is 325 g/mol. The van der Waals surface area contributed by atoms with Crippen LogP contribution in [-0.4, -0.2) is 43.0 Å². The van der Waals surface area contributed by atoms with Gasteiger partial charge in [-0.3, -0.25) is 14.5 Å². The van der Waals surface area contributed by atoms with Crippen molar-refractivity contribution in [1.29, 1.82) is 0 Å². The molecule has 1 aromatic carbocycles. The lowest BCUT2D eigenvalue weighted by molar-refractivity contribution is -0.137. The Morgan fingerprint density at radius 2 is 2.10 bits per heavy atom. The van der Waals surface area contributed by atoms with Crippen LogP contribution < -0.4 is 0 Å². The number of thiocarbonyl (C=S) groups is 1. The molecule has 1 heterocycles. The molecule has 1 aromatic rings. The molecule has 0 aromatic heterocycles. The van der Waals surface area contributed by atoms with Crippen LogP contribution in [0.4, 0.5) is 0 Å².